The summed E-state index contributed by atoms with van der Waals surface area (Å²) >= 11 is 0. The molecule has 0 bridgehead atoms. The third kappa shape index (κ3) is 6.75. The Kier molecular flexibility index (Phi) is 5.52. The minimum absolute atomic E-state index is 0.0498. The van der Waals surface area contributed by atoms with Gasteiger partial charge in [0.15, 0.2) is 5.96 Å². The van der Waals surface area contributed by atoms with Gasteiger partial charge in [0, 0.05) is 11.2 Å². The van der Waals surface area contributed by atoms with Crippen LogP contribution in [-0.4, -0.2) is 24.0 Å². The summed E-state index contributed by atoms with van der Waals surface area (Å²) < 4.78 is 0. The fourth-order valence-corrected chi connectivity index (χ4v) is 1.48. The fraction of sp³-hybridized carbons (Fsp3) is 0.429. The third-order valence-electron chi connectivity index (χ3n) is 2.43. The van der Waals surface area contributed by atoms with Crippen molar-refractivity contribution >= 4 is 17.6 Å². The maximum Gasteiger partial charge on any atom is 0.238 e. The van der Waals surface area contributed by atoms with E-state index in [-0.39, 0.29) is 24.0 Å². The van der Waals surface area contributed by atoms with Crippen molar-refractivity contribution in [2.45, 2.75) is 32.9 Å². The maximum atomic E-state index is 11.8. The van der Waals surface area contributed by atoms with Crippen LogP contribution in [0.25, 0.3) is 0 Å². The zero-order chi connectivity index (χ0) is 15.2. The molecular weight excluding hydrogens is 254 g/mol. The molecule has 6 nitrogen and oxygen atoms in total. The lowest BCUT2D eigenvalue weighted by Crippen LogP contribution is -2.41. The van der Waals surface area contributed by atoms with Crippen LogP contribution in [0.5, 0.6) is 0 Å². The van der Waals surface area contributed by atoms with Gasteiger partial charge in [0.2, 0.25) is 5.91 Å². The molecule has 0 aliphatic rings. The minimum Gasteiger partial charge on any atom is -0.370 e. The zero-order valence-corrected chi connectivity index (χ0v) is 12.2. The largest absolute Gasteiger partial charge is 0.370 e. The van der Waals surface area contributed by atoms with E-state index in [0.717, 1.165) is 11.3 Å². The summed E-state index contributed by atoms with van der Waals surface area (Å²) in [6.45, 7) is 6.69. The lowest BCUT2D eigenvalue weighted by Gasteiger charge is -2.20. The highest BCUT2D eigenvalue weighted by Gasteiger charge is 2.11. The van der Waals surface area contributed by atoms with E-state index in [4.69, 9.17) is 11.5 Å². The molecule has 1 amide bonds. The number of nitrogens with zero attached hydrogens (tertiary/aromatic N) is 1. The number of anilines is 1. The molecule has 0 spiro atoms. The van der Waals surface area contributed by atoms with Crippen LogP contribution < -0.4 is 22.1 Å². The molecule has 0 heterocycles. The van der Waals surface area contributed by atoms with Crippen molar-refractivity contribution in [1.29, 1.82) is 0 Å². The molecule has 6 heteroatoms. The Morgan fingerprint density at radius 1 is 1.30 bits per heavy atom. The number of benzene rings is 1. The van der Waals surface area contributed by atoms with Gasteiger partial charge < -0.3 is 22.1 Å². The molecule has 0 aliphatic heterocycles. The molecule has 0 aliphatic carbocycles. The van der Waals surface area contributed by atoms with E-state index in [9.17, 15) is 4.79 Å². The Hall–Kier alpha value is -2.08. The predicted octanol–water partition coefficient (Wildman–Crippen LogP) is 0.787. The third-order valence-corrected chi connectivity index (χ3v) is 2.43. The second-order valence-corrected chi connectivity index (χ2v) is 5.59. The summed E-state index contributed by atoms with van der Waals surface area (Å²) in [4.78, 5) is 15.7. The monoisotopic (exact) mass is 277 g/mol. The molecule has 0 unspecified atom stereocenters. The Labute approximate surface area is 119 Å². The van der Waals surface area contributed by atoms with E-state index in [1.54, 1.807) is 0 Å². The summed E-state index contributed by atoms with van der Waals surface area (Å²) in [6, 6.07) is 7.43. The molecule has 0 saturated heterocycles. The number of guanidine groups is 1. The van der Waals surface area contributed by atoms with Gasteiger partial charge in [-0.2, -0.15) is 0 Å². The van der Waals surface area contributed by atoms with Gasteiger partial charge >= 0.3 is 0 Å². The second-order valence-electron chi connectivity index (χ2n) is 5.59. The number of amides is 1. The molecule has 0 aromatic heterocycles. The van der Waals surface area contributed by atoms with Gasteiger partial charge in [0.25, 0.3) is 0 Å². The molecule has 0 fully saturated rings. The number of hydrogen-bond donors (Lipinski definition) is 4. The average molecular weight is 277 g/mol. The van der Waals surface area contributed by atoms with E-state index in [1.807, 2.05) is 45.0 Å². The van der Waals surface area contributed by atoms with Gasteiger partial charge in [-0.3, -0.25) is 4.79 Å². The number of nitrogens with one attached hydrogen (secondary N) is 2. The first-order chi connectivity index (χ1) is 9.26. The number of carbonyl (C=O) groups is 1. The van der Waals surface area contributed by atoms with Crippen LogP contribution >= 0.6 is 0 Å². The smallest absolute Gasteiger partial charge is 0.238 e. The molecule has 1 aromatic carbocycles. The number of nitrogens with two attached hydrogens (primary N) is 2. The number of rotatable bonds is 5. The minimum atomic E-state index is -0.0907. The number of aliphatic imine (C=N–C) groups is 1. The van der Waals surface area contributed by atoms with E-state index in [1.165, 1.54) is 0 Å². The van der Waals surface area contributed by atoms with E-state index in [0.29, 0.717) is 6.54 Å². The number of hydrogen-bond acceptors (Lipinski definition) is 3. The molecule has 6 N–H and O–H groups in total. The SMILES string of the molecule is CC(C)(C)NCC(=O)Nc1cccc(CN=C(N)N)c1. The first-order valence-corrected chi connectivity index (χ1v) is 6.45. The molecule has 20 heavy (non-hydrogen) atoms. The molecule has 0 saturated carbocycles. The highest BCUT2D eigenvalue weighted by Crippen LogP contribution is 2.11. The van der Waals surface area contributed by atoms with Crippen LogP contribution in [0.1, 0.15) is 26.3 Å². The summed E-state index contributed by atoms with van der Waals surface area (Å²) in [5.41, 5.74) is 12.1. The summed E-state index contributed by atoms with van der Waals surface area (Å²) in [7, 11) is 0. The summed E-state index contributed by atoms with van der Waals surface area (Å²) in [5, 5.41) is 5.96. The topological polar surface area (TPSA) is 106 Å². The van der Waals surface area contributed by atoms with Gasteiger partial charge in [-0.05, 0) is 38.5 Å². The summed E-state index contributed by atoms with van der Waals surface area (Å²) in [5.74, 6) is -0.0345. The molecule has 0 radical (unpaired) electrons. The lowest BCUT2D eigenvalue weighted by atomic mass is 10.1. The predicted molar refractivity (Wildman–Crippen MR) is 82.3 cm³/mol. The van der Waals surface area contributed by atoms with Gasteiger partial charge in [-0.15, -0.1) is 0 Å². The van der Waals surface area contributed by atoms with E-state index >= 15 is 0 Å². The van der Waals surface area contributed by atoms with Gasteiger partial charge in [0.05, 0.1) is 13.1 Å². The Morgan fingerprint density at radius 2 is 2.00 bits per heavy atom. The summed E-state index contributed by atoms with van der Waals surface area (Å²) in [6.07, 6.45) is 0. The first kappa shape index (κ1) is 16.0. The Balaban J connectivity index is 2.57. The van der Waals surface area contributed by atoms with Crippen LogP contribution in [0.4, 0.5) is 5.69 Å². The Bertz CT molecular complexity index is 487. The van der Waals surface area contributed by atoms with Crippen LogP contribution in [0.3, 0.4) is 0 Å². The van der Waals surface area contributed by atoms with Crippen LogP contribution in [-0.2, 0) is 11.3 Å². The van der Waals surface area contributed by atoms with Crippen LogP contribution in [0.2, 0.25) is 0 Å². The highest BCUT2D eigenvalue weighted by molar-refractivity contribution is 5.92. The maximum absolute atomic E-state index is 11.8. The van der Waals surface area contributed by atoms with Crippen LogP contribution in [0, 0.1) is 0 Å². The van der Waals surface area contributed by atoms with Crippen molar-refractivity contribution in [2.75, 3.05) is 11.9 Å². The van der Waals surface area contributed by atoms with Crippen molar-refractivity contribution in [3.05, 3.63) is 29.8 Å². The van der Waals surface area contributed by atoms with Crippen molar-refractivity contribution in [2.24, 2.45) is 16.5 Å². The highest BCUT2D eigenvalue weighted by atomic mass is 16.1. The van der Waals surface area contributed by atoms with Crippen molar-refractivity contribution in [3.63, 3.8) is 0 Å². The standard InChI is InChI=1S/C14H23N5O/c1-14(2,3)18-9-12(20)19-11-6-4-5-10(7-11)8-17-13(15)16/h4-7,18H,8-9H2,1-3H3,(H,19,20)(H4,15,16,17). The lowest BCUT2D eigenvalue weighted by molar-refractivity contribution is -0.115. The first-order valence-electron chi connectivity index (χ1n) is 6.45. The second kappa shape index (κ2) is 6.91. The van der Waals surface area contributed by atoms with Crippen LogP contribution in [0.15, 0.2) is 29.3 Å². The zero-order valence-electron chi connectivity index (χ0n) is 12.2. The van der Waals surface area contributed by atoms with Gasteiger partial charge in [0.1, 0.15) is 0 Å². The van der Waals surface area contributed by atoms with Crippen molar-refractivity contribution < 1.29 is 4.79 Å². The molecule has 0 atom stereocenters. The number of carbonyl (C=O) groups excluding carboxylic acids is 1. The Morgan fingerprint density at radius 3 is 2.60 bits per heavy atom. The molecule has 1 rings (SSSR count). The normalized spacial score (nSPS) is 10.9. The van der Waals surface area contributed by atoms with Gasteiger partial charge in [-0.1, -0.05) is 12.1 Å². The molecular formula is C14H23N5O. The van der Waals surface area contributed by atoms with E-state index < -0.39 is 0 Å². The molecule has 110 valence electrons. The van der Waals surface area contributed by atoms with E-state index in [2.05, 4.69) is 15.6 Å². The average Bonchev–Trinajstić information content (AvgIpc) is 2.34. The quantitative estimate of drug-likeness (QED) is 0.471. The molecule has 1 aromatic rings. The fourth-order valence-electron chi connectivity index (χ4n) is 1.48. The van der Waals surface area contributed by atoms with Gasteiger partial charge in [-0.25, -0.2) is 4.99 Å². The van der Waals surface area contributed by atoms with Crippen molar-refractivity contribution in [3.8, 4) is 0 Å². The van der Waals surface area contributed by atoms with Crippen molar-refractivity contribution in [1.82, 2.24) is 5.32 Å².